The minimum atomic E-state index is 0.259. The molecule has 2 heteroatoms. The Bertz CT molecular complexity index is 3140. The van der Waals surface area contributed by atoms with Gasteiger partial charge in [-0.05, 0) is 130 Å². The number of thiophene rings is 1. The van der Waals surface area contributed by atoms with Crippen molar-refractivity contribution < 1.29 is 0 Å². The summed E-state index contributed by atoms with van der Waals surface area (Å²) in [5, 5.41) is 13.1. The molecule has 1 unspecified atom stereocenters. The SMILES string of the molecule is C=C(CC1Sc2ccc3cc4c(cc3c2C1=C)sc1ccccc14)c1ccc2cc(-c3c4ccccc4c(-c4ccccc4)c4ccccc34)ccc2c1. The fourth-order valence-corrected chi connectivity index (χ4v) is 11.3. The second-order valence-electron chi connectivity index (χ2n) is 14.5. The smallest absolute Gasteiger partial charge is 0.0385 e. The molecule has 0 N–H and O–H groups in total. The number of hydrogen-bond acceptors (Lipinski definition) is 2. The lowest BCUT2D eigenvalue weighted by Gasteiger charge is -2.18. The number of rotatable bonds is 5. The molecule has 0 bridgehead atoms. The van der Waals surface area contributed by atoms with Crippen molar-refractivity contribution in [1.82, 2.24) is 0 Å². The molecule has 1 aliphatic heterocycles. The van der Waals surface area contributed by atoms with Crippen LogP contribution in [-0.4, -0.2) is 5.25 Å². The Balaban J connectivity index is 0.922. The van der Waals surface area contributed by atoms with Crippen LogP contribution in [0.25, 0.3) is 96.7 Å². The zero-order valence-electron chi connectivity index (χ0n) is 29.6. The lowest BCUT2D eigenvalue weighted by Crippen LogP contribution is -2.00. The molecule has 11 rings (SSSR count). The van der Waals surface area contributed by atoms with Gasteiger partial charge in [0.05, 0.1) is 0 Å². The van der Waals surface area contributed by atoms with E-state index in [1.807, 2.05) is 23.1 Å². The van der Waals surface area contributed by atoms with Crippen molar-refractivity contribution in [2.24, 2.45) is 0 Å². The van der Waals surface area contributed by atoms with Gasteiger partial charge >= 0.3 is 0 Å². The van der Waals surface area contributed by atoms with Crippen molar-refractivity contribution in [3.8, 4) is 22.3 Å². The molecule has 0 radical (unpaired) electrons. The minimum absolute atomic E-state index is 0.259. The third-order valence-electron chi connectivity index (χ3n) is 11.4. The van der Waals surface area contributed by atoms with Crippen LogP contribution in [0, 0.1) is 0 Å². The first-order valence-electron chi connectivity index (χ1n) is 18.5. The quantitative estimate of drug-likeness (QED) is 0.159. The molecule has 1 atom stereocenters. The lowest BCUT2D eigenvalue weighted by atomic mass is 9.85. The summed E-state index contributed by atoms with van der Waals surface area (Å²) in [7, 11) is 0. The summed E-state index contributed by atoms with van der Waals surface area (Å²) < 4.78 is 2.68. The molecule has 1 aromatic heterocycles. The molecule has 0 saturated carbocycles. The Labute approximate surface area is 322 Å². The second kappa shape index (κ2) is 12.3. The van der Waals surface area contributed by atoms with E-state index in [-0.39, 0.29) is 5.25 Å². The fourth-order valence-electron chi connectivity index (χ4n) is 8.82. The Kier molecular flexibility index (Phi) is 7.20. The van der Waals surface area contributed by atoms with Crippen LogP contribution in [0.15, 0.2) is 182 Å². The Hall–Kier alpha value is -5.93. The monoisotopic (exact) mass is 722 g/mol. The predicted octanol–water partition coefficient (Wildman–Crippen LogP) is 15.6. The second-order valence-corrected chi connectivity index (χ2v) is 16.9. The molecule has 0 amide bonds. The highest BCUT2D eigenvalue weighted by Gasteiger charge is 2.29. The minimum Gasteiger partial charge on any atom is -0.135 e. The maximum absolute atomic E-state index is 4.69. The Morgan fingerprint density at radius 1 is 0.463 bits per heavy atom. The van der Waals surface area contributed by atoms with E-state index in [4.69, 9.17) is 6.58 Å². The van der Waals surface area contributed by atoms with Gasteiger partial charge in [-0.25, -0.2) is 0 Å². The zero-order chi connectivity index (χ0) is 35.9. The number of allylic oxidation sites excluding steroid dienone is 1. The van der Waals surface area contributed by atoms with Crippen LogP contribution in [0.4, 0.5) is 0 Å². The molecular weight excluding hydrogens is 689 g/mol. The van der Waals surface area contributed by atoms with Crippen LogP contribution in [0.2, 0.25) is 0 Å². The van der Waals surface area contributed by atoms with E-state index in [1.54, 1.807) is 0 Å². The molecule has 2 heterocycles. The van der Waals surface area contributed by atoms with Gasteiger partial charge in [0.25, 0.3) is 0 Å². The first-order valence-corrected chi connectivity index (χ1v) is 20.2. The molecule has 1 aliphatic rings. The number of benzene rings is 9. The maximum atomic E-state index is 4.69. The van der Waals surface area contributed by atoms with Crippen LogP contribution in [-0.2, 0) is 0 Å². The molecule has 0 saturated heterocycles. The Morgan fingerprint density at radius 2 is 1.07 bits per heavy atom. The largest absolute Gasteiger partial charge is 0.135 e. The average molecular weight is 723 g/mol. The molecule has 54 heavy (non-hydrogen) atoms. The zero-order valence-corrected chi connectivity index (χ0v) is 31.2. The molecule has 0 nitrogen and oxygen atoms in total. The van der Waals surface area contributed by atoms with Crippen LogP contribution in [0.3, 0.4) is 0 Å². The summed E-state index contributed by atoms with van der Waals surface area (Å²) in [6, 6.07) is 60.4. The standard InChI is InChI=1S/C52H34S2/c1-31(26-48-32(2)50-44-30-49-45(29-37(44)24-25-47(50)54-48)39-14-10-11-19-46(39)53-49)34-20-21-36-28-38(23-22-35(36)27-34)52-42-17-8-6-15-40(42)51(33-12-4-3-5-13-33)41-16-7-9-18-43(41)52/h3-25,27-30,48H,1-2,26H2. The summed E-state index contributed by atoms with van der Waals surface area (Å²) in [5.41, 5.74) is 9.93. The van der Waals surface area contributed by atoms with E-state index in [0.717, 1.165) is 12.0 Å². The highest BCUT2D eigenvalue weighted by Crippen LogP contribution is 2.51. The van der Waals surface area contributed by atoms with E-state index in [0.29, 0.717) is 0 Å². The van der Waals surface area contributed by atoms with E-state index in [1.165, 1.54) is 107 Å². The van der Waals surface area contributed by atoms with Crippen LogP contribution in [0.5, 0.6) is 0 Å². The van der Waals surface area contributed by atoms with Crippen LogP contribution in [0.1, 0.15) is 17.5 Å². The van der Waals surface area contributed by atoms with Crippen molar-refractivity contribution in [3.05, 3.63) is 188 Å². The number of fused-ring (bicyclic) bond motifs is 9. The van der Waals surface area contributed by atoms with E-state index in [9.17, 15) is 0 Å². The summed E-state index contributed by atoms with van der Waals surface area (Å²) in [6.07, 6.45) is 0.861. The molecule has 0 fully saturated rings. The molecule has 10 aromatic rings. The van der Waals surface area contributed by atoms with Crippen molar-refractivity contribution in [2.75, 3.05) is 0 Å². The highest BCUT2D eigenvalue weighted by atomic mass is 32.2. The van der Waals surface area contributed by atoms with Crippen molar-refractivity contribution in [3.63, 3.8) is 0 Å². The van der Waals surface area contributed by atoms with E-state index >= 15 is 0 Å². The summed E-state index contributed by atoms with van der Waals surface area (Å²) in [6.45, 7) is 9.33. The van der Waals surface area contributed by atoms with E-state index < -0.39 is 0 Å². The van der Waals surface area contributed by atoms with Gasteiger partial charge in [-0.1, -0.05) is 141 Å². The molecular formula is C52H34S2. The van der Waals surface area contributed by atoms with Crippen molar-refractivity contribution in [2.45, 2.75) is 16.6 Å². The molecule has 0 spiro atoms. The van der Waals surface area contributed by atoms with Crippen molar-refractivity contribution in [1.29, 1.82) is 0 Å². The van der Waals surface area contributed by atoms with Gasteiger partial charge in [0.2, 0.25) is 0 Å². The number of thioether (sulfide) groups is 1. The first-order chi connectivity index (χ1) is 26.6. The van der Waals surface area contributed by atoms with E-state index in [2.05, 4.69) is 170 Å². The summed E-state index contributed by atoms with van der Waals surface area (Å²) in [4.78, 5) is 1.33. The van der Waals surface area contributed by atoms with Gasteiger partial charge in [-0.2, -0.15) is 0 Å². The van der Waals surface area contributed by atoms with Crippen LogP contribution >= 0.6 is 23.1 Å². The molecule has 0 aliphatic carbocycles. The van der Waals surface area contributed by atoms with Crippen LogP contribution < -0.4 is 0 Å². The maximum Gasteiger partial charge on any atom is 0.0385 e. The van der Waals surface area contributed by atoms with Gasteiger partial charge in [0, 0.05) is 30.3 Å². The molecule has 254 valence electrons. The van der Waals surface area contributed by atoms with Crippen molar-refractivity contribution >= 4 is 97.5 Å². The third-order valence-corrected chi connectivity index (χ3v) is 13.9. The third kappa shape index (κ3) is 4.91. The number of hydrogen-bond donors (Lipinski definition) is 0. The van der Waals surface area contributed by atoms with Gasteiger partial charge in [0.15, 0.2) is 0 Å². The molecule has 9 aromatic carbocycles. The fraction of sp³-hybridized carbons (Fsp3) is 0.0385. The highest BCUT2D eigenvalue weighted by molar-refractivity contribution is 8.01. The summed E-state index contributed by atoms with van der Waals surface area (Å²) in [5.74, 6) is 0. The lowest BCUT2D eigenvalue weighted by molar-refractivity contribution is 1.13. The topological polar surface area (TPSA) is 0 Å². The van der Waals surface area contributed by atoms with Gasteiger partial charge in [0.1, 0.15) is 0 Å². The van der Waals surface area contributed by atoms with Gasteiger partial charge < -0.3 is 0 Å². The van der Waals surface area contributed by atoms with Gasteiger partial charge in [-0.15, -0.1) is 23.1 Å². The normalized spacial score (nSPS) is 14.2. The average Bonchev–Trinajstić information content (AvgIpc) is 3.74. The first kappa shape index (κ1) is 31.6. The van der Waals surface area contributed by atoms with Gasteiger partial charge in [-0.3, -0.25) is 0 Å². The predicted molar refractivity (Wildman–Crippen MR) is 239 cm³/mol. The summed E-state index contributed by atoms with van der Waals surface area (Å²) >= 11 is 3.82. The Morgan fingerprint density at radius 3 is 1.81 bits per heavy atom.